The topological polar surface area (TPSA) is 71.1 Å². The van der Waals surface area contributed by atoms with Gasteiger partial charge in [-0.05, 0) is 56.2 Å². The summed E-state index contributed by atoms with van der Waals surface area (Å²) in [5.41, 5.74) is 9.55. The van der Waals surface area contributed by atoms with Crippen molar-refractivity contribution in [3.8, 4) is 0 Å². The van der Waals surface area contributed by atoms with E-state index in [0.29, 0.717) is 16.8 Å². The highest BCUT2D eigenvalue weighted by molar-refractivity contribution is 6.01. The molecule has 0 aliphatic heterocycles. The van der Waals surface area contributed by atoms with Gasteiger partial charge in [0.1, 0.15) is 0 Å². The molecular weight excluding hydrogens is 326 g/mol. The molecule has 0 saturated carbocycles. The number of nitrogens with one attached hydrogen (secondary N) is 2. The van der Waals surface area contributed by atoms with Crippen LogP contribution < -0.4 is 10.9 Å². The maximum absolute atomic E-state index is 12.5. The van der Waals surface area contributed by atoms with E-state index in [0.717, 1.165) is 28.5 Å². The standard InChI is InChI=1S/C21H21N3O2/c1-4-15-6-8-16(9-7-15)20(25)23-24-21(26)18-12-17-11-13(2)5-10-19(17)22-14(18)3/h5-12H,4H2,1-3H3,(H,23,25)(H,24,26). The summed E-state index contributed by atoms with van der Waals surface area (Å²) >= 11 is 0. The van der Waals surface area contributed by atoms with Gasteiger partial charge in [-0.25, -0.2) is 0 Å². The van der Waals surface area contributed by atoms with E-state index in [1.807, 2.05) is 37.3 Å². The first-order valence-electron chi connectivity index (χ1n) is 8.55. The minimum absolute atomic E-state index is 0.358. The van der Waals surface area contributed by atoms with Crippen molar-refractivity contribution in [2.75, 3.05) is 0 Å². The maximum atomic E-state index is 12.5. The van der Waals surface area contributed by atoms with Gasteiger partial charge in [0, 0.05) is 10.9 Å². The Morgan fingerprint density at radius 3 is 2.31 bits per heavy atom. The summed E-state index contributed by atoms with van der Waals surface area (Å²) in [6, 6.07) is 15.0. The Kier molecular flexibility index (Phi) is 4.98. The molecule has 26 heavy (non-hydrogen) atoms. The van der Waals surface area contributed by atoms with E-state index in [4.69, 9.17) is 0 Å². The number of carbonyl (C=O) groups is 2. The van der Waals surface area contributed by atoms with Crippen molar-refractivity contribution in [2.45, 2.75) is 27.2 Å². The largest absolute Gasteiger partial charge is 0.271 e. The molecule has 2 N–H and O–H groups in total. The third-order valence-corrected chi connectivity index (χ3v) is 4.32. The van der Waals surface area contributed by atoms with Crippen molar-refractivity contribution in [2.24, 2.45) is 0 Å². The second kappa shape index (κ2) is 7.35. The summed E-state index contributed by atoms with van der Waals surface area (Å²) in [5.74, 6) is -0.750. The summed E-state index contributed by atoms with van der Waals surface area (Å²) in [4.78, 5) is 29.1. The molecule has 0 aliphatic rings. The van der Waals surface area contributed by atoms with Crippen LogP contribution in [0.5, 0.6) is 0 Å². The second-order valence-electron chi connectivity index (χ2n) is 6.28. The van der Waals surface area contributed by atoms with Gasteiger partial charge in [0.05, 0.1) is 16.8 Å². The molecule has 0 atom stereocenters. The summed E-state index contributed by atoms with van der Waals surface area (Å²) < 4.78 is 0. The Labute approximate surface area is 152 Å². The molecule has 3 aromatic rings. The van der Waals surface area contributed by atoms with Gasteiger partial charge in [0.25, 0.3) is 11.8 Å². The molecule has 1 heterocycles. The molecule has 5 nitrogen and oxygen atoms in total. The Bertz CT molecular complexity index is 978. The van der Waals surface area contributed by atoms with E-state index < -0.39 is 5.91 Å². The van der Waals surface area contributed by atoms with Gasteiger partial charge in [0.15, 0.2) is 0 Å². The highest BCUT2D eigenvalue weighted by Crippen LogP contribution is 2.18. The minimum Gasteiger partial charge on any atom is -0.267 e. The van der Waals surface area contributed by atoms with Gasteiger partial charge in [-0.15, -0.1) is 0 Å². The molecule has 0 saturated heterocycles. The highest BCUT2D eigenvalue weighted by atomic mass is 16.2. The SMILES string of the molecule is CCc1ccc(C(=O)NNC(=O)c2cc3cc(C)ccc3nc2C)cc1. The number of pyridine rings is 1. The third-order valence-electron chi connectivity index (χ3n) is 4.32. The van der Waals surface area contributed by atoms with Crippen LogP contribution in [0.3, 0.4) is 0 Å². The summed E-state index contributed by atoms with van der Waals surface area (Å²) in [6.07, 6.45) is 0.909. The summed E-state index contributed by atoms with van der Waals surface area (Å²) in [7, 11) is 0. The predicted octanol–water partition coefficient (Wildman–Crippen LogP) is 3.49. The molecule has 0 spiro atoms. The minimum atomic E-state index is -0.392. The number of rotatable bonds is 3. The molecule has 132 valence electrons. The first-order valence-corrected chi connectivity index (χ1v) is 8.55. The lowest BCUT2D eigenvalue weighted by Gasteiger charge is -2.10. The van der Waals surface area contributed by atoms with E-state index in [-0.39, 0.29) is 5.91 Å². The van der Waals surface area contributed by atoms with Crippen LogP contribution in [0.25, 0.3) is 10.9 Å². The van der Waals surface area contributed by atoms with Crippen LogP contribution in [0.15, 0.2) is 48.5 Å². The third kappa shape index (κ3) is 3.72. The molecule has 3 rings (SSSR count). The number of hydrogen-bond donors (Lipinski definition) is 2. The molecule has 0 aliphatic carbocycles. The lowest BCUT2D eigenvalue weighted by molar-refractivity contribution is 0.0846. The van der Waals surface area contributed by atoms with Crippen LogP contribution in [0, 0.1) is 13.8 Å². The van der Waals surface area contributed by atoms with Crippen molar-refractivity contribution >= 4 is 22.7 Å². The van der Waals surface area contributed by atoms with Crippen molar-refractivity contribution in [3.63, 3.8) is 0 Å². The lowest BCUT2D eigenvalue weighted by Crippen LogP contribution is -2.41. The predicted molar refractivity (Wildman–Crippen MR) is 102 cm³/mol. The van der Waals surface area contributed by atoms with E-state index in [1.54, 1.807) is 25.1 Å². The maximum Gasteiger partial charge on any atom is 0.271 e. The molecular formula is C21H21N3O2. The van der Waals surface area contributed by atoms with Gasteiger partial charge >= 0.3 is 0 Å². The number of aromatic nitrogens is 1. The Balaban J connectivity index is 1.74. The first-order chi connectivity index (χ1) is 12.5. The Hall–Kier alpha value is -3.21. The van der Waals surface area contributed by atoms with Crippen molar-refractivity contribution in [1.82, 2.24) is 15.8 Å². The summed E-state index contributed by atoms with van der Waals surface area (Å²) in [5, 5.41) is 0.891. The fourth-order valence-corrected chi connectivity index (χ4v) is 2.77. The first kappa shape index (κ1) is 17.6. The number of hydrazine groups is 1. The van der Waals surface area contributed by atoms with Crippen LogP contribution >= 0.6 is 0 Å². The summed E-state index contributed by atoms with van der Waals surface area (Å²) in [6.45, 7) is 5.82. The average molecular weight is 347 g/mol. The van der Waals surface area contributed by atoms with Crippen LogP contribution in [0.2, 0.25) is 0 Å². The molecule has 1 aromatic heterocycles. The molecule has 2 aromatic carbocycles. The van der Waals surface area contributed by atoms with Crippen molar-refractivity contribution in [1.29, 1.82) is 0 Å². The van der Waals surface area contributed by atoms with Crippen LogP contribution in [-0.2, 0) is 6.42 Å². The van der Waals surface area contributed by atoms with Crippen LogP contribution in [0.1, 0.15) is 44.5 Å². The second-order valence-corrected chi connectivity index (χ2v) is 6.28. The molecule has 0 bridgehead atoms. The fraction of sp³-hybridized carbons (Fsp3) is 0.190. The number of aryl methyl sites for hydroxylation is 3. The number of amides is 2. The number of carbonyl (C=O) groups excluding carboxylic acids is 2. The van der Waals surface area contributed by atoms with Crippen LogP contribution in [0.4, 0.5) is 0 Å². The normalized spacial score (nSPS) is 10.6. The average Bonchev–Trinajstić information content (AvgIpc) is 2.65. The van der Waals surface area contributed by atoms with E-state index in [9.17, 15) is 9.59 Å². The quantitative estimate of drug-likeness (QED) is 0.713. The lowest BCUT2D eigenvalue weighted by atomic mass is 10.1. The molecule has 0 unspecified atom stereocenters. The van der Waals surface area contributed by atoms with Gasteiger partial charge in [0.2, 0.25) is 0 Å². The number of hydrogen-bond acceptors (Lipinski definition) is 3. The zero-order valence-electron chi connectivity index (χ0n) is 15.1. The van der Waals surface area contributed by atoms with Gasteiger partial charge in [-0.2, -0.15) is 0 Å². The molecule has 5 heteroatoms. The Morgan fingerprint density at radius 1 is 0.923 bits per heavy atom. The molecule has 0 radical (unpaired) electrons. The van der Waals surface area contributed by atoms with Gasteiger partial charge in [-0.1, -0.05) is 30.7 Å². The van der Waals surface area contributed by atoms with Crippen molar-refractivity contribution < 1.29 is 9.59 Å². The number of fused-ring (bicyclic) bond motifs is 1. The van der Waals surface area contributed by atoms with Gasteiger partial charge < -0.3 is 0 Å². The van der Waals surface area contributed by atoms with Crippen molar-refractivity contribution in [3.05, 3.63) is 76.5 Å². The smallest absolute Gasteiger partial charge is 0.267 e. The van der Waals surface area contributed by atoms with E-state index >= 15 is 0 Å². The molecule has 0 fully saturated rings. The Morgan fingerprint density at radius 2 is 1.62 bits per heavy atom. The number of nitrogens with zero attached hydrogens (tertiary/aromatic N) is 1. The monoisotopic (exact) mass is 347 g/mol. The number of benzene rings is 2. The zero-order chi connectivity index (χ0) is 18.7. The molecule has 2 amide bonds. The zero-order valence-corrected chi connectivity index (χ0v) is 15.1. The van der Waals surface area contributed by atoms with E-state index in [1.165, 1.54) is 0 Å². The fourth-order valence-electron chi connectivity index (χ4n) is 2.77. The van der Waals surface area contributed by atoms with E-state index in [2.05, 4.69) is 22.8 Å². The van der Waals surface area contributed by atoms with Gasteiger partial charge in [-0.3, -0.25) is 25.4 Å². The highest BCUT2D eigenvalue weighted by Gasteiger charge is 2.13. The van der Waals surface area contributed by atoms with Crippen LogP contribution in [-0.4, -0.2) is 16.8 Å².